The summed E-state index contributed by atoms with van der Waals surface area (Å²) in [5, 5.41) is 2.97. The lowest BCUT2D eigenvalue weighted by Gasteiger charge is -2.45. The number of nitrogens with one attached hydrogen (secondary N) is 1. The van der Waals surface area contributed by atoms with E-state index in [0.29, 0.717) is 35.1 Å². The molecule has 0 fully saturated rings. The molecule has 2 amide bonds. The number of alkyl halides is 9. The van der Waals surface area contributed by atoms with E-state index in [4.69, 9.17) is 4.74 Å². The number of carbonyl (C=O) groups is 3. The average molecular weight is 809 g/mol. The maximum Gasteiger partial charge on any atom is 0.460 e. The van der Waals surface area contributed by atoms with E-state index in [2.05, 4.69) is 5.32 Å². The molecule has 5 rings (SSSR count). The van der Waals surface area contributed by atoms with Gasteiger partial charge in [-0.3, -0.25) is 14.5 Å². The minimum atomic E-state index is -6.97. The van der Waals surface area contributed by atoms with Crippen LogP contribution in [0.15, 0.2) is 102 Å². The molecule has 1 heterocycles. The summed E-state index contributed by atoms with van der Waals surface area (Å²) in [4.78, 5) is 43.8. The Morgan fingerprint density at radius 2 is 1.33 bits per heavy atom. The lowest BCUT2D eigenvalue weighted by atomic mass is 9.75. The molecule has 0 saturated carbocycles. The number of fused-ring (bicyclic) bond motifs is 1. The maximum absolute atomic E-state index is 14.4. The molecule has 0 radical (unpaired) electrons. The maximum atomic E-state index is 14.4. The van der Waals surface area contributed by atoms with Gasteiger partial charge >= 0.3 is 30.0 Å². The Hall–Kier alpha value is -5.08. The van der Waals surface area contributed by atoms with Crippen molar-refractivity contribution < 1.29 is 58.6 Å². The SMILES string of the molecule is CCCC1(C(=O)NCCc2ccccc2)C=C2C(=C(c3ccccc3)C(=O)C2(C)C)CN1C(=O)OCc1ccc(CCC(F)(F)C(F)(F)C(F)(F)C(F)(F)F)cc1. The van der Waals surface area contributed by atoms with Crippen LogP contribution in [0.4, 0.5) is 44.3 Å². The van der Waals surface area contributed by atoms with E-state index < -0.39 is 66.3 Å². The number of halogens is 9. The highest BCUT2D eigenvalue weighted by atomic mass is 19.4. The molecule has 1 aliphatic carbocycles. The standard InChI is InChI=1S/C42H41F9N2O4/c1-4-21-38(35(55)52-23-20-27-11-7-5-8-12-27)24-32-31(33(34(54)37(32,2)3)30-13-9-6-10-14-30)25-53(38)36(56)57-26-29-17-15-28(16-18-29)19-22-39(43,44)40(45,46)41(47,48)42(49,50)51/h5-18,24H,4,19-23,25-26H2,1-3H3,(H,52,55). The summed E-state index contributed by atoms with van der Waals surface area (Å²) in [7, 11) is 0. The van der Waals surface area contributed by atoms with Crippen molar-refractivity contribution >= 4 is 23.4 Å². The summed E-state index contributed by atoms with van der Waals surface area (Å²) < 4.78 is 126. The first-order valence-corrected chi connectivity index (χ1v) is 18.2. The Labute approximate surface area is 323 Å². The van der Waals surface area contributed by atoms with Gasteiger partial charge in [-0.25, -0.2) is 4.79 Å². The minimum absolute atomic E-state index is 0.0902. The van der Waals surface area contributed by atoms with Gasteiger partial charge in [0.05, 0.1) is 12.0 Å². The molecule has 306 valence electrons. The molecular weight excluding hydrogens is 767 g/mol. The van der Waals surface area contributed by atoms with Gasteiger partial charge in [0, 0.05) is 18.5 Å². The monoisotopic (exact) mass is 808 g/mol. The van der Waals surface area contributed by atoms with Crippen LogP contribution in [-0.4, -0.2) is 65.3 Å². The van der Waals surface area contributed by atoms with Crippen LogP contribution in [0, 0.1) is 5.41 Å². The molecule has 0 aromatic heterocycles. The van der Waals surface area contributed by atoms with E-state index in [9.17, 15) is 53.9 Å². The van der Waals surface area contributed by atoms with Gasteiger partial charge in [-0.15, -0.1) is 0 Å². The van der Waals surface area contributed by atoms with Gasteiger partial charge in [0.25, 0.3) is 0 Å². The number of hydrogen-bond donors (Lipinski definition) is 1. The van der Waals surface area contributed by atoms with E-state index >= 15 is 0 Å². The van der Waals surface area contributed by atoms with Crippen molar-refractivity contribution in [2.24, 2.45) is 5.41 Å². The Kier molecular flexibility index (Phi) is 12.1. The highest BCUT2D eigenvalue weighted by molar-refractivity contribution is 6.29. The smallest absolute Gasteiger partial charge is 0.445 e. The van der Waals surface area contributed by atoms with Gasteiger partial charge in [0.15, 0.2) is 5.78 Å². The van der Waals surface area contributed by atoms with Crippen LogP contribution in [0.2, 0.25) is 0 Å². The second-order valence-electron chi connectivity index (χ2n) is 14.7. The fourth-order valence-electron chi connectivity index (χ4n) is 7.17. The third-order valence-electron chi connectivity index (χ3n) is 10.4. The van der Waals surface area contributed by atoms with Crippen LogP contribution in [0.3, 0.4) is 0 Å². The normalized spacial score (nSPS) is 18.6. The van der Waals surface area contributed by atoms with Crippen LogP contribution in [0.25, 0.3) is 5.57 Å². The zero-order chi connectivity index (χ0) is 42.0. The summed E-state index contributed by atoms with van der Waals surface area (Å²) in [6.45, 7) is 5.02. The second kappa shape index (κ2) is 16.0. The van der Waals surface area contributed by atoms with Crippen LogP contribution in [0.5, 0.6) is 0 Å². The van der Waals surface area contributed by atoms with Crippen LogP contribution in [-0.2, 0) is 33.8 Å². The lowest BCUT2D eigenvalue weighted by Crippen LogP contribution is -2.62. The van der Waals surface area contributed by atoms with Crippen molar-refractivity contribution in [1.82, 2.24) is 10.2 Å². The summed E-state index contributed by atoms with van der Waals surface area (Å²) in [5.41, 5.74) is 0.726. The van der Waals surface area contributed by atoms with Crippen molar-refractivity contribution in [1.29, 1.82) is 0 Å². The Morgan fingerprint density at radius 1 is 0.772 bits per heavy atom. The van der Waals surface area contributed by atoms with Crippen LogP contribution < -0.4 is 5.32 Å². The average Bonchev–Trinajstić information content (AvgIpc) is 3.36. The second-order valence-corrected chi connectivity index (χ2v) is 14.7. The number of carbonyl (C=O) groups excluding carboxylic acids is 3. The number of ether oxygens (including phenoxy) is 1. The van der Waals surface area contributed by atoms with Crippen molar-refractivity contribution in [2.75, 3.05) is 13.1 Å². The number of allylic oxidation sites excluding steroid dienone is 1. The zero-order valence-corrected chi connectivity index (χ0v) is 31.3. The van der Waals surface area contributed by atoms with Gasteiger partial charge in [-0.2, -0.15) is 39.5 Å². The van der Waals surface area contributed by atoms with Gasteiger partial charge in [-0.1, -0.05) is 98.3 Å². The number of amides is 2. The van der Waals surface area contributed by atoms with Gasteiger partial charge in [0.1, 0.15) is 12.1 Å². The quantitative estimate of drug-likeness (QED) is 0.165. The number of aryl methyl sites for hydroxylation is 1. The van der Waals surface area contributed by atoms with Crippen molar-refractivity contribution in [2.45, 2.75) is 89.0 Å². The molecule has 1 N–H and O–H groups in total. The summed E-state index contributed by atoms with van der Waals surface area (Å²) in [6, 6.07) is 23.2. The Bertz CT molecular complexity index is 2010. The molecule has 6 nitrogen and oxygen atoms in total. The summed E-state index contributed by atoms with van der Waals surface area (Å²) >= 11 is 0. The number of rotatable bonds is 14. The number of ketones is 1. The lowest BCUT2D eigenvalue weighted by molar-refractivity contribution is -0.396. The first kappa shape index (κ1) is 43.1. The molecule has 15 heteroatoms. The van der Waals surface area contributed by atoms with Crippen LogP contribution in [0.1, 0.15) is 62.3 Å². The number of benzene rings is 3. The van der Waals surface area contributed by atoms with Crippen molar-refractivity contribution in [3.63, 3.8) is 0 Å². The number of hydrogen-bond acceptors (Lipinski definition) is 4. The molecule has 1 aliphatic heterocycles. The first-order valence-electron chi connectivity index (χ1n) is 18.2. The van der Waals surface area contributed by atoms with Crippen LogP contribution >= 0.6 is 0 Å². The largest absolute Gasteiger partial charge is 0.460 e. The highest BCUT2D eigenvalue weighted by Crippen LogP contribution is 2.55. The van der Waals surface area contributed by atoms with Gasteiger partial charge in [-0.05, 0) is 72.6 Å². The predicted octanol–water partition coefficient (Wildman–Crippen LogP) is 9.93. The third-order valence-corrected chi connectivity index (χ3v) is 10.4. The molecular formula is C42H41F9N2O4. The molecule has 0 bridgehead atoms. The summed E-state index contributed by atoms with van der Waals surface area (Å²) in [6.07, 6.45) is -8.04. The summed E-state index contributed by atoms with van der Waals surface area (Å²) in [5.74, 6) is -20.1. The van der Waals surface area contributed by atoms with Gasteiger partial charge < -0.3 is 10.1 Å². The molecule has 0 saturated heterocycles. The van der Waals surface area contributed by atoms with E-state index in [1.54, 1.807) is 50.3 Å². The molecule has 1 atom stereocenters. The fraction of sp³-hybridized carbons (Fsp3) is 0.405. The Morgan fingerprint density at radius 3 is 1.91 bits per heavy atom. The first-order chi connectivity index (χ1) is 26.6. The van der Waals surface area contributed by atoms with Crippen molar-refractivity contribution in [3.05, 3.63) is 124 Å². The fourth-order valence-corrected chi connectivity index (χ4v) is 7.17. The van der Waals surface area contributed by atoms with Gasteiger partial charge in [0.2, 0.25) is 5.91 Å². The number of Topliss-reactive ketones (excluding diaryl/α,β-unsaturated/α-hetero) is 1. The predicted molar refractivity (Wildman–Crippen MR) is 194 cm³/mol. The van der Waals surface area contributed by atoms with E-state index in [0.717, 1.165) is 17.7 Å². The third kappa shape index (κ3) is 8.20. The van der Waals surface area contributed by atoms with E-state index in [1.807, 2.05) is 37.3 Å². The highest BCUT2D eigenvalue weighted by Gasteiger charge is 2.81. The van der Waals surface area contributed by atoms with Crippen molar-refractivity contribution in [3.8, 4) is 0 Å². The molecule has 1 unspecified atom stereocenters. The molecule has 3 aromatic carbocycles. The topological polar surface area (TPSA) is 75.7 Å². The van der Waals surface area contributed by atoms with E-state index in [1.165, 1.54) is 17.0 Å². The Balaban J connectivity index is 1.40. The minimum Gasteiger partial charge on any atom is -0.445 e. The molecule has 57 heavy (non-hydrogen) atoms. The molecule has 3 aromatic rings. The molecule has 0 spiro atoms. The number of nitrogens with zero attached hydrogens (tertiary/aromatic N) is 1. The van der Waals surface area contributed by atoms with E-state index in [-0.39, 0.29) is 36.4 Å². The molecule has 2 aliphatic rings. The zero-order valence-electron chi connectivity index (χ0n) is 31.3.